The lowest BCUT2D eigenvalue weighted by Gasteiger charge is -2.12. The molecule has 0 radical (unpaired) electrons. The standard InChI is InChI=1S/C27H19N3O5/c31-25-21-7-3-4-8-23(21)29-27(34)30(25)28-15-22-20-6-2-1-5-18(20)13-14-24(22)35-16-17-9-11-19(12-10-17)26(32)33/h1-15H,16H2,(H,29,34)(H,32,33). The van der Waals surface area contributed by atoms with Crippen LogP contribution in [0, 0.1) is 0 Å². The number of para-hydroxylation sites is 1. The zero-order chi connectivity index (χ0) is 24.4. The number of benzene rings is 4. The average molecular weight is 465 g/mol. The molecule has 1 heterocycles. The summed E-state index contributed by atoms with van der Waals surface area (Å²) in [6, 6.07) is 24.5. The quantitative estimate of drug-likeness (QED) is 0.368. The van der Waals surface area contributed by atoms with Gasteiger partial charge in [-0.25, -0.2) is 9.59 Å². The van der Waals surface area contributed by atoms with Gasteiger partial charge in [-0.3, -0.25) is 4.79 Å². The van der Waals surface area contributed by atoms with E-state index in [2.05, 4.69) is 10.1 Å². The summed E-state index contributed by atoms with van der Waals surface area (Å²) >= 11 is 0. The normalized spacial score (nSPS) is 11.3. The molecular formula is C27H19N3O5. The summed E-state index contributed by atoms with van der Waals surface area (Å²) in [5.74, 6) is -0.496. The molecular weight excluding hydrogens is 446 g/mol. The zero-order valence-corrected chi connectivity index (χ0v) is 18.3. The Morgan fingerprint density at radius 2 is 1.63 bits per heavy atom. The molecule has 4 aromatic carbocycles. The summed E-state index contributed by atoms with van der Waals surface area (Å²) in [6.07, 6.45) is 1.44. The molecule has 0 saturated carbocycles. The molecule has 0 aliphatic heterocycles. The number of carboxylic acid groups (broad SMARTS) is 1. The molecule has 2 N–H and O–H groups in total. The van der Waals surface area contributed by atoms with E-state index in [-0.39, 0.29) is 12.2 Å². The van der Waals surface area contributed by atoms with Crippen LogP contribution in [0.3, 0.4) is 0 Å². The van der Waals surface area contributed by atoms with Gasteiger partial charge in [0.1, 0.15) is 12.4 Å². The van der Waals surface area contributed by atoms with E-state index in [0.717, 1.165) is 21.0 Å². The fourth-order valence-corrected chi connectivity index (χ4v) is 3.81. The number of aromatic nitrogens is 2. The lowest BCUT2D eigenvalue weighted by Crippen LogP contribution is -2.32. The maximum absolute atomic E-state index is 12.9. The van der Waals surface area contributed by atoms with Crippen molar-refractivity contribution in [2.45, 2.75) is 6.61 Å². The van der Waals surface area contributed by atoms with Crippen LogP contribution in [-0.2, 0) is 6.61 Å². The van der Waals surface area contributed by atoms with Crippen LogP contribution in [0.4, 0.5) is 0 Å². The molecule has 8 heteroatoms. The number of rotatable bonds is 6. The minimum atomic E-state index is -0.996. The number of aromatic amines is 1. The van der Waals surface area contributed by atoms with Crippen LogP contribution in [0.15, 0.2) is 99.6 Å². The van der Waals surface area contributed by atoms with Crippen LogP contribution in [0.2, 0.25) is 0 Å². The second kappa shape index (κ2) is 9.11. The SMILES string of the molecule is O=C(O)c1ccc(COc2ccc3ccccc3c2C=Nn2c(=O)[nH]c3ccccc3c2=O)cc1. The Hall–Kier alpha value is -4.98. The second-order valence-corrected chi connectivity index (χ2v) is 7.83. The lowest BCUT2D eigenvalue weighted by atomic mass is 10.0. The van der Waals surface area contributed by atoms with Gasteiger partial charge in [-0.05, 0) is 46.7 Å². The molecule has 35 heavy (non-hydrogen) atoms. The molecule has 172 valence electrons. The Morgan fingerprint density at radius 3 is 2.40 bits per heavy atom. The van der Waals surface area contributed by atoms with Gasteiger partial charge < -0.3 is 14.8 Å². The number of ether oxygens (including phenoxy) is 1. The number of H-pyrrole nitrogens is 1. The van der Waals surface area contributed by atoms with Gasteiger partial charge >= 0.3 is 11.7 Å². The average Bonchev–Trinajstić information content (AvgIpc) is 2.88. The molecule has 0 aliphatic carbocycles. The van der Waals surface area contributed by atoms with Gasteiger partial charge in [0, 0.05) is 5.56 Å². The fraction of sp³-hybridized carbons (Fsp3) is 0.0370. The van der Waals surface area contributed by atoms with Gasteiger partial charge in [-0.2, -0.15) is 5.10 Å². The van der Waals surface area contributed by atoms with Crippen molar-refractivity contribution in [3.8, 4) is 5.75 Å². The highest BCUT2D eigenvalue weighted by atomic mass is 16.5. The predicted octanol–water partition coefficient (Wildman–Crippen LogP) is 4.00. The van der Waals surface area contributed by atoms with Crippen LogP contribution < -0.4 is 16.0 Å². The number of carboxylic acids is 1. The second-order valence-electron chi connectivity index (χ2n) is 7.83. The summed E-state index contributed by atoms with van der Waals surface area (Å²) in [5.41, 5.74) is 0.848. The third-order valence-electron chi connectivity index (χ3n) is 5.61. The molecule has 0 bridgehead atoms. The highest BCUT2D eigenvalue weighted by molar-refractivity contribution is 6.02. The van der Waals surface area contributed by atoms with E-state index in [1.165, 1.54) is 18.3 Å². The van der Waals surface area contributed by atoms with E-state index in [1.54, 1.807) is 42.5 Å². The van der Waals surface area contributed by atoms with Crippen molar-refractivity contribution < 1.29 is 14.6 Å². The van der Waals surface area contributed by atoms with E-state index >= 15 is 0 Å². The van der Waals surface area contributed by atoms with Crippen molar-refractivity contribution in [1.29, 1.82) is 0 Å². The molecule has 0 saturated heterocycles. The summed E-state index contributed by atoms with van der Waals surface area (Å²) in [6.45, 7) is 0.190. The van der Waals surface area contributed by atoms with E-state index in [9.17, 15) is 14.4 Å². The highest BCUT2D eigenvalue weighted by Gasteiger charge is 2.10. The van der Waals surface area contributed by atoms with Crippen LogP contribution in [0.1, 0.15) is 21.5 Å². The van der Waals surface area contributed by atoms with Gasteiger partial charge in [-0.1, -0.05) is 54.6 Å². The Balaban J connectivity index is 1.54. The third kappa shape index (κ3) is 4.32. The summed E-state index contributed by atoms with van der Waals surface area (Å²) < 4.78 is 6.83. The largest absolute Gasteiger partial charge is 0.488 e. The number of aromatic carboxylic acids is 1. The Labute approximate surface area is 198 Å². The third-order valence-corrected chi connectivity index (χ3v) is 5.61. The molecule has 5 rings (SSSR count). The first kappa shape index (κ1) is 21.8. The monoisotopic (exact) mass is 465 g/mol. The summed E-state index contributed by atoms with van der Waals surface area (Å²) in [5, 5.41) is 15.4. The molecule has 0 spiro atoms. The van der Waals surface area contributed by atoms with Crippen molar-refractivity contribution in [1.82, 2.24) is 9.66 Å². The molecule has 8 nitrogen and oxygen atoms in total. The summed E-state index contributed by atoms with van der Waals surface area (Å²) in [7, 11) is 0. The van der Waals surface area contributed by atoms with Gasteiger partial charge in [0.25, 0.3) is 5.56 Å². The molecule has 5 aromatic rings. The maximum Gasteiger partial charge on any atom is 0.349 e. The number of nitrogens with zero attached hydrogens (tertiary/aromatic N) is 2. The summed E-state index contributed by atoms with van der Waals surface area (Å²) in [4.78, 5) is 39.1. The zero-order valence-electron chi connectivity index (χ0n) is 18.3. The Kier molecular flexibility index (Phi) is 5.68. The molecule has 0 aliphatic rings. The van der Waals surface area contributed by atoms with Crippen LogP contribution >= 0.6 is 0 Å². The number of fused-ring (bicyclic) bond motifs is 2. The minimum absolute atomic E-state index is 0.190. The van der Waals surface area contributed by atoms with Crippen molar-refractivity contribution >= 4 is 33.9 Å². The van der Waals surface area contributed by atoms with Crippen molar-refractivity contribution in [3.63, 3.8) is 0 Å². The molecule has 0 unspecified atom stereocenters. The predicted molar refractivity (Wildman–Crippen MR) is 134 cm³/mol. The first-order valence-corrected chi connectivity index (χ1v) is 10.8. The topological polar surface area (TPSA) is 114 Å². The van der Waals surface area contributed by atoms with E-state index < -0.39 is 17.2 Å². The smallest absolute Gasteiger partial charge is 0.349 e. The number of nitrogens with one attached hydrogen (secondary N) is 1. The fourth-order valence-electron chi connectivity index (χ4n) is 3.81. The van der Waals surface area contributed by atoms with E-state index in [0.29, 0.717) is 22.2 Å². The van der Waals surface area contributed by atoms with Crippen LogP contribution in [-0.4, -0.2) is 27.0 Å². The number of hydrogen-bond donors (Lipinski definition) is 2. The van der Waals surface area contributed by atoms with Gasteiger partial charge in [0.2, 0.25) is 0 Å². The lowest BCUT2D eigenvalue weighted by molar-refractivity contribution is 0.0697. The van der Waals surface area contributed by atoms with Crippen LogP contribution in [0.25, 0.3) is 21.7 Å². The minimum Gasteiger partial charge on any atom is -0.488 e. The van der Waals surface area contributed by atoms with E-state index in [4.69, 9.17) is 9.84 Å². The van der Waals surface area contributed by atoms with Crippen molar-refractivity contribution in [2.75, 3.05) is 0 Å². The van der Waals surface area contributed by atoms with Crippen LogP contribution in [0.5, 0.6) is 5.75 Å². The Bertz CT molecular complexity index is 1720. The van der Waals surface area contributed by atoms with Gasteiger partial charge in [-0.15, -0.1) is 4.68 Å². The molecule has 1 aromatic heterocycles. The Morgan fingerprint density at radius 1 is 0.914 bits per heavy atom. The number of hydrogen-bond acceptors (Lipinski definition) is 5. The van der Waals surface area contributed by atoms with Gasteiger partial charge in [0.05, 0.1) is 22.7 Å². The highest BCUT2D eigenvalue weighted by Crippen LogP contribution is 2.27. The first-order valence-electron chi connectivity index (χ1n) is 10.8. The van der Waals surface area contributed by atoms with Crippen molar-refractivity contribution in [3.05, 3.63) is 122 Å². The molecule has 0 amide bonds. The molecule has 0 fully saturated rings. The van der Waals surface area contributed by atoms with E-state index in [1.807, 2.05) is 30.3 Å². The van der Waals surface area contributed by atoms with Crippen molar-refractivity contribution in [2.24, 2.45) is 5.10 Å². The maximum atomic E-state index is 12.9. The first-order chi connectivity index (χ1) is 17.0. The number of carbonyl (C=O) groups is 1. The molecule has 0 atom stereocenters. The van der Waals surface area contributed by atoms with Gasteiger partial charge in [0.15, 0.2) is 0 Å².